The molecule has 0 spiro atoms. The van der Waals surface area contributed by atoms with Crippen LogP contribution < -0.4 is 16.0 Å². The van der Waals surface area contributed by atoms with Gasteiger partial charge in [-0.1, -0.05) is 140 Å². The third-order valence-electron chi connectivity index (χ3n) is 9.36. The molecule has 0 aromatic heterocycles. The van der Waals surface area contributed by atoms with Crippen LogP contribution in [0.1, 0.15) is 46.6 Å². The third-order valence-corrected chi connectivity index (χ3v) is 9.36. The summed E-state index contributed by atoms with van der Waals surface area (Å²) in [5.74, 6) is -3.00. The van der Waals surface area contributed by atoms with Crippen molar-refractivity contribution >= 4 is 23.9 Å². The first kappa shape index (κ1) is 35.6. The van der Waals surface area contributed by atoms with Gasteiger partial charge in [0.25, 0.3) is 0 Å². The van der Waals surface area contributed by atoms with Crippen molar-refractivity contribution in [2.45, 2.75) is 36.4 Å². The van der Waals surface area contributed by atoms with Gasteiger partial charge in [0.05, 0.1) is 6.61 Å². The molecule has 2 atom stereocenters. The maximum atomic E-state index is 14.0. The Balaban J connectivity index is 1.22. The monoisotopic (exact) mass is 697 g/mol. The summed E-state index contributed by atoms with van der Waals surface area (Å²) in [6.07, 6.45) is -1.34. The summed E-state index contributed by atoms with van der Waals surface area (Å²) in [6.45, 7) is -0.885. The molecule has 0 aliphatic heterocycles. The Morgan fingerprint density at radius 1 is 0.635 bits per heavy atom. The summed E-state index contributed by atoms with van der Waals surface area (Å²) < 4.78 is 5.66. The summed E-state index contributed by atoms with van der Waals surface area (Å²) in [7, 11) is 0. The number of ether oxygens (including phenoxy) is 1. The largest absolute Gasteiger partial charge is 0.480 e. The highest BCUT2D eigenvalue weighted by atomic mass is 16.5. The fourth-order valence-electron chi connectivity index (χ4n) is 6.84. The molecule has 0 fully saturated rings. The predicted octanol–water partition coefficient (Wildman–Crippen LogP) is 5.34. The Bertz CT molecular complexity index is 1880. The van der Waals surface area contributed by atoms with Crippen molar-refractivity contribution in [3.05, 3.63) is 167 Å². The minimum Gasteiger partial charge on any atom is -0.480 e. The van der Waals surface area contributed by atoms with Crippen molar-refractivity contribution in [3.63, 3.8) is 0 Å². The zero-order valence-corrected chi connectivity index (χ0v) is 28.3. The van der Waals surface area contributed by atoms with Crippen LogP contribution in [0, 0.1) is 0 Å². The number of aliphatic carboxylic acids is 1. The quantitative estimate of drug-likeness (QED) is 0.0982. The first-order chi connectivity index (χ1) is 25.3. The van der Waals surface area contributed by atoms with E-state index in [0.717, 1.165) is 38.9 Å². The molecular weight excluding hydrogens is 658 g/mol. The van der Waals surface area contributed by atoms with Crippen LogP contribution in [0.15, 0.2) is 140 Å². The number of carboxylic acid groups (broad SMARTS) is 1. The van der Waals surface area contributed by atoms with Gasteiger partial charge in [-0.3, -0.25) is 9.59 Å². The molecule has 0 radical (unpaired) electrons. The van der Waals surface area contributed by atoms with Crippen molar-refractivity contribution in [1.82, 2.24) is 16.0 Å². The number of rotatable bonds is 14. The highest BCUT2D eigenvalue weighted by molar-refractivity contribution is 5.90. The van der Waals surface area contributed by atoms with Gasteiger partial charge in [-0.15, -0.1) is 0 Å². The van der Waals surface area contributed by atoms with Gasteiger partial charge < -0.3 is 30.9 Å². The number of nitrogens with one attached hydrogen (secondary N) is 3. The van der Waals surface area contributed by atoms with Gasteiger partial charge in [-0.05, 0) is 45.4 Å². The van der Waals surface area contributed by atoms with E-state index in [-0.39, 0.29) is 25.4 Å². The predicted molar refractivity (Wildman–Crippen MR) is 195 cm³/mol. The van der Waals surface area contributed by atoms with E-state index in [1.54, 1.807) is 0 Å². The number of amides is 3. The van der Waals surface area contributed by atoms with E-state index in [1.807, 2.05) is 140 Å². The summed E-state index contributed by atoms with van der Waals surface area (Å²) in [5.41, 5.74) is 5.43. The molecule has 5 N–H and O–H groups in total. The summed E-state index contributed by atoms with van der Waals surface area (Å²) in [4.78, 5) is 52.3. The van der Waals surface area contributed by atoms with Crippen LogP contribution in [0.2, 0.25) is 0 Å². The lowest BCUT2D eigenvalue weighted by Gasteiger charge is -2.37. The number of carbonyl (C=O) groups is 4. The zero-order valence-electron chi connectivity index (χ0n) is 28.3. The average molecular weight is 698 g/mol. The van der Waals surface area contributed by atoms with Gasteiger partial charge in [-0.2, -0.15) is 0 Å². The second kappa shape index (κ2) is 16.2. The fourth-order valence-corrected chi connectivity index (χ4v) is 6.84. The number of carboxylic acids is 1. The van der Waals surface area contributed by atoms with Crippen LogP contribution in [0.25, 0.3) is 11.1 Å². The number of fused-ring (bicyclic) bond motifs is 3. The minimum absolute atomic E-state index is 0.0170. The normalized spacial score (nSPS) is 13.2. The Morgan fingerprint density at radius 2 is 1.10 bits per heavy atom. The van der Waals surface area contributed by atoms with E-state index in [4.69, 9.17) is 4.74 Å². The Labute approximate surface area is 301 Å². The van der Waals surface area contributed by atoms with E-state index in [0.29, 0.717) is 0 Å². The molecule has 0 saturated heterocycles. The van der Waals surface area contributed by atoms with Gasteiger partial charge in [0.1, 0.15) is 24.2 Å². The molecule has 3 amide bonds. The first-order valence-electron chi connectivity index (χ1n) is 17.0. The summed E-state index contributed by atoms with van der Waals surface area (Å²) in [6, 6.07) is 41.3. The molecule has 0 unspecified atom stereocenters. The lowest BCUT2D eigenvalue weighted by molar-refractivity contribution is -0.143. The number of hydrogen-bond donors (Lipinski definition) is 5. The van der Waals surface area contributed by atoms with Crippen LogP contribution in [0.3, 0.4) is 0 Å². The molecule has 1 aliphatic carbocycles. The maximum absolute atomic E-state index is 14.0. The number of aliphatic hydroxyl groups excluding tert-OH is 1. The molecule has 10 nitrogen and oxygen atoms in total. The second-order valence-corrected chi connectivity index (χ2v) is 12.5. The molecule has 5 aromatic rings. The average Bonchev–Trinajstić information content (AvgIpc) is 3.51. The van der Waals surface area contributed by atoms with Gasteiger partial charge >= 0.3 is 12.1 Å². The third kappa shape index (κ3) is 7.57. The Hall–Kier alpha value is -6.26. The van der Waals surface area contributed by atoms with Crippen molar-refractivity contribution in [2.75, 3.05) is 13.2 Å². The lowest BCUT2D eigenvalue weighted by Crippen LogP contribution is -2.53. The van der Waals surface area contributed by atoms with Crippen molar-refractivity contribution in [2.24, 2.45) is 0 Å². The number of hydrogen-bond acceptors (Lipinski definition) is 6. The number of alkyl carbamates (subject to hydrolysis) is 1. The van der Waals surface area contributed by atoms with Gasteiger partial charge in [-0.25, -0.2) is 9.59 Å². The lowest BCUT2D eigenvalue weighted by atomic mass is 9.77. The van der Waals surface area contributed by atoms with Crippen LogP contribution in [-0.4, -0.2) is 59.4 Å². The van der Waals surface area contributed by atoms with Crippen LogP contribution in [-0.2, 0) is 24.7 Å². The smallest absolute Gasteiger partial charge is 0.407 e. The molecule has 10 heteroatoms. The molecule has 6 rings (SSSR count). The van der Waals surface area contributed by atoms with Crippen molar-refractivity contribution in [3.8, 4) is 11.1 Å². The van der Waals surface area contributed by atoms with Crippen LogP contribution in [0.5, 0.6) is 0 Å². The van der Waals surface area contributed by atoms with Gasteiger partial charge in [0.15, 0.2) is 0 Å². The van der Waals surface area contributed by atoms with Crippen LogP contribution in [0.4, 0.5) is 4.79 Å². The van der Waals surface area contributed by atoms with E-state index >= 15 is 0 Å². The fraction of sp³-hybridized carbons (Fsp3) is 0.190. The van der Waals surface area contributed by atoms with Crippen molar-refractivity contribution < 1.29 is 34.1 Å². The molecule has 0 saturated carbocycles. The number of aliphatic hydroxyl groups is 1. The molecule has 264 valence electrons. The molecular formula is C42H39N3O7. The standard InChI is InChI=1S/C42H39N3O7/c46-26-37(40(49)50)43-39(48)36(44-41(51)52-27-35-33-22-12-10-20-31(33)32-21-11-13-23-34(32)35)24-25-38(47)45-42(28-14-4-1-5-15-28,29-16-6-2-7-17-29)30-18-8-3-9-19-30/h1-23,35-37,46H,24-27H2,(H,43,48)(H,44,51)(H,45,47)(H,49,50)/t36-,37-/m0/s1. The van der Waals surface area contributed by atoms with Gasteiger partial charge in [0, 0.05) is 12.3 Å². The molecule has 5 aromatic carbocycles. The Morgan fingerprint density at radius 3 is 1.56 bits per heavy atom. The zero-order chi connectivity index (χ0) is 36.5. The molecule has 0 bridgehead atoms. The number of carbonyl (C=O) groups excluding carboxylic acids is 3. The minimum atomic E-state index is -1.62. The van der Waals surface area contributed by atoms with E-state index < -0.39 is 48.1 Å². The van der Waals surface area contributed by atoms with E-state index in [9.17, 15) is 29.4 Å². The number of benzene rings is 5. The van der Waals surface area contributed by atoms with E-state index in [1.165, 1.54) is 0 Å². The second-order valence-electron chi connectivity index (χ2n) is 12.5. The molecule has 0 heterocycles. The van der Waals surface area contributed by atoms with Crippen LogP contribution >= 0.6 is 0 Å². The maximum Gasteiger partial charge on any atom is 0.407 e. The summed E-state index contributed by atoms with van der Waals surface area (Å²) in [5, 5.41) is 27.1. The first-order valence-corrected chi connectivity index (χ1v) is 17.0. The summed E-state index contributed by atoms with van der Waals surface area (Å²) >= 11 is 0. The molecule has 52 heavy (non-hydrogen) atoms. The Kier molecular flexibility index (Phi) is 11.1. The topological polar surface area (TPSA) is 154 Å². The van der Waals surface area contributed by atoms with E-state index in [2.05, 4.69) is 16.0 Å². The molecule has 1 aliphatic rings. The highest BCUT2D eigenvalue weighted by Crippen LogP contribution is 2.44. The van der Waals surface area contributed by atoms with Crippen molar-refractivity contribution in [1.29, 1.82) is 0 Å². The highest BCUT2D eigenvalue weighted by Gasteiger charge is 2.38. The SMILES string of the molecule is O=C(CC[C@H](NC(=O)OCC1c2ccccc2-c2ccccc21)C(=O)N[C@@H](CO)C(=O)O)NC(c1ccccc1)(c1ccccc1)c1ccccc1. The van der Waals surface area contributed by atoms with Gasteiger partial charge in [0.2, 0.25) is 11.8 Å².